The third-order valence-electron chi connectivity index (χ3n) is 3.50. The van der Waals surface area contributed by atoms with Crippen LogP contribution in [-0.2, 0) is 6.54 Å². The molecule has 0 saturated heterocycles. The Bertz CT molecular complexity index is 341. The fraction of sp³-hybridized carbons (Fsp3) is 0.625. The summed E-state index contributed by atoms with van der Waals surface area (Å²) in [6, 6.07) is 8.75. The van der Waals surface area contributed by atoms with Crippen molar-refractivity contribution in [3.05, 3.63) is 29.8 Å². The number of hydrogen-bond donors (Lipinski definition) is 1. The van der Waals surface area contributed by atoms with Gasteiger partial charge in [-0.2, -0.15) is 0 Å². The predicted octanol–water partition coefficient (Wildman–Crippen LogP) is 3.84. The maximum atomic E-state index is 3.51. The summed E-state index contributed by atoms with van der Waals surface area (Å²) in [5.41, 5.74) is 2.61. The molecule has 0 aliphatic carbocycles. The third-order valence-corrected chi connectivity index (χ3v) is 3.50. The van der Waals surface area contributed by atoms with Crippen LogP contribution in [0.4, 0.5) is 5.69 Å². The van der Waals surface area contributed by atoms with Crippen LogP contribution in [0.5, 0.6) is 0 Å². The van der Waals surface area contributed by atoms with Crippen LogP contribution in [0.15, 0.2) is 24.3 Å². The van der Waals surface area contributed by atoms with Crippen molar-refractivity contribution in [3.8, 4) is 0 Å². The van der Waals surface area contributed by atoms with Gasteiger partial charge in [-0.05, 0) is 50.3 Å². The van der Waals surface area contributed by atoms with Crippen LogP contribution in [0.3, 0.4) is 0 Å². The minimum atomic E-state index is 0. The van der Waals surface area contributed by atoms with Crippen molar-refractivity contribution in [2.75, 3.05) is 45.2 Å². The molecular formula is C16H32Cl3N3. The molecule has 0 heterocycles. The first-order valence-corrected chi connectivity index (χ1v) is 7.36. The van der Waals surface area contributed by atoms with Gasteiger partial charge < -0.3 is 15.1 Å². The molecule has 1 aromatic rings. The summed E-state index contributed by atoms with van der Waals surface area (Å²) in [6.45, 7) is 10.0. The summed E-state index contributed by atoms with van der Waals surface area (Å²) in [7, 11) is 4.14. The average Bonchev–Trinajstić information content (AvgIpc) is 2.43. The van der Waals surface area contributed by atoms with Crippen LogP contribution < -0.4 is 10.2 Å². The SMILES string of the molecule is CCN(CC)CCCNCc1ccc(N(C)C)cc1.Cl.Cl.Cl. The highest BCUT2D eigenvalue weighted by Gasteiger charge is 1.99. The van der Waals surface area contributed by atoms with Gasteiger partial charge in [-0.3, -0.25) is 0 Å². The standard InChI is InChI=1S/C16H29N3.3ClH/c1-5-19(6-2)13-7-12-17-14-15-8-10-16(11-9-15)18(3)4;;;/h8-11,17H,5-7,12-14H2,1-4H3;3*1H. The van der Waals surface area contributed by atoms with Crippen molar-refractivity contribution in [1.29, 1.82) is 0 Å². The fourth-order valence-electron chi connectivity index (χ4n) is 2.11. The van der Waals surface area contributed by atoms with E-state index in [-0.39, 0.29) is 37.2 Å². The van der Waals surface area contributed by atoms with E-state index < -0.39 is 0 Å². The molecule has 0 radical (unpaired) electrons. The Morgan fingerprint density at radius 1 is 0.909 bits per heavy atom. The van der Waals surface area contributed by atoms with E-state index in [9.17, 15) is 0 Å². The predicted molar refractivity (Wildman–Crippen MR) is 107 cm³/mol. The van der Waals surface area contributed by atoms with Gasteiger partial charge in [-0.1, -0.05) is 26.0 Å². The number of rotatable bonds is 9. The maximum Gasteiger partial charge on any atom is 0.0361 e. The molecule has 0 amide bonds. The van der Waals surface area contributed by atoms with Crippen LogP contribution in [-0.4, -0.2) is 45.2 Å². The Balaban J connectivity index is -0.00000120. The molecule has 3 nitrogen and oxygen atoms in total. The number of nitrogens with one attached hydrogen (secondary N) is 1. The summed E-state index contributed by atoms with van der Waals surface area (Å²) < 4.78 is 0. The molecule has 0 aliphatic rings. The van der Waals surface area contributed by atoms with Crippen LogP contribution >= 0.6 is 37.2 Å². The van der Waals surface area contributed by atoms with Gasteiger partial charge in [0, 0.05) is 26.3 Å². The minimum absolute atomic E-state index is 0. The van der Waals surface area contributed by atoms with Crippen LogP contribution in [0.25, 0.3) is 0 Å². The number of anilines is 1. The summed E-state index contributed by atoms with van der Waals surface area (Å²) in [5.74, 6) is 0. The number of hydrogen-bond acceptors (Lipinski definition) is 3. The maximum absolute atomic E-state index is 3.51. The summed E-state index contributed by atoms with van der Waals surface area (Å²) in [6.07, 6.45) is 1.22. The van der Waals surface area contributed by atoms with Gasteiger partial charge in [0.05, 0.1) is 0 Å². The lowest BCUT2D eigenvalue weighted by Crippen LogP contribution is -2.27. The fourth-order valence-corrected chi connectivity index (χ4v) is 2.11. The second kappa shape index (κ2) is 15.7. The molecule has 22 heavy (non-hydrogen) atoms. The lowest BCUT2D eigenvalue weighted by Gasteiger charge is -2.17. The smallest absolute Gasteiger partial charge is 0.0361 e. The lowest BCUT2D eigenvalue weighted by atomic mass is 10.2. The van der Waals surface area contributed by atoms with Crippen LogP contribution in [0, 0.1) is 0 Å². The van der Waals surface area contributed by atoms with E-state index in [0.717, 1.165) is 26.2 Å². The molecule has 0 spiro atoms. The van der Waals surface area contributed by atoms with Gasteiger partial charge in [0.1, 0.15) is 0 Å². The highest BCUT2D eigenvalue weighted by molar-refractivity contribution is 5.86. The molecule has 0 fully saturated rings. The number of nitrogens with zero attached hydrogens (tertiary/aromatic N) is 2. The van der Waals surface area contributed by atoms with Crippen molar-refractivity contribution in [3.63, 3.8) is 0 Å². The highest BCUT2D eigenvalue weighted by Crippen LogP contribution is 2.11. The molecule has 0 saturated carbocycles. The molecule has 132 valence electrons. The van der Waals surface area contributed by atoms with E-state index >= 15 is 0 Å². The minimum Gasteiger partial charge on any atom is -0.378 e. The van der Waals surface area contributed by atoms with E-state index in [2.05, 4.69) is 67.3 Å². The Labute approximate surface area is 155 Å². The first-order chi connectivity index (χ1) is 9.17. The van der Waals surface area contributed by atoms with Crippen molar-refractivity contribution in [2.45, 2.75) is 26.8 Å². The first kappa shape index (κ1) is 26.7. The molecule has 0 unspecified atom stereocenters. The Hall–Kier alpha value is -0.190. The molecule has 1 rings (SSSR count). The quantitative estimate of drug-likeness (QED) is 0.664. The van der Waals surface area contributed by atoms with Gasteiger partial charge >= 0.3 is 0 Å². The molecule has 0 atom stereocenters. The average molecular weight is 373 g/mol. The molecule has 0 bridgehead atoms. The van der Waals surface area contributed by atoms with Crippen LogP contribution in [0.1, 0.15) is 25.8 Å². The topological polar surface area (TPSA) is 18.5 Å². The zero-order chi connectivity index (χ0) is 14.1. The Morgan fingerprint density at radius 3 is 1.91 bits per heavy atom. The molecule has 1 aromatic carbocycles. The summed E-state index contributed by atoms with van der Waals surface area (Å²) in [4.78, 5) is 4.59. The van der Waals surface area contributed by atoms with E-state index in [4.69, 9.17) is 0 Å². The number of benzene rings is 1. The van der Waals surface area contributed by atoms with E-state index in [1.807, 2.05) is 0 Å². The van der Waals surface area contributed by atoms with Crippen molar-refractivity contribution in [1.82, 2.24) is 10.2 Å². The van der Waals surface area contributed by atoms with Crippen molar-refractivity contribution < 1.29 is 0 Å². The molecular weight excluding hydrogens is 341 g/mol. The first-order valence-electron chi connectivity index (χ1n) is 7.36. The summed E-state index contributed by atoms with van der Waals surface area (Å²) >= 11 is 0. The second-order valence-electron chi connectivity index (χ2n) is 5.12. The zero-order valence-electron chi connectivity index (χ0n) is 14.2. The van der Waals surface area contributed by atoms with Gasteiger partial charge in [-0.25, -0.2) is 0 Å². The lowest BCUT2D eigenvalue weighted by molar-refractivity contribution is 0.298. The zero-order valence-corrected chi connectivity index (χ0v) is 16.6. The second-order valence-corrected chi connectivity index (χ2v) is 5.12. The van der Waals surface area contributed by atoms with Gasteiger partial charge in [0.2, 0.25) is 0 Å². The van der Waals surface area contributed by atoms with E-state index in [1.165, 1.54) is 24.2 Å². The number of halogens is 3. The Kier molecular flexibility index (Phi) is 19.0. The van der Waals surface area contributed by atoms with Gasteiger partial charge in [-0.15, -0.1) is 37.2 Å². The normalized spacial score (nSPS) is 9.50. The Morgan fingerprint density at radius 2 is 1.45 bits per heavy atom. The summed E-state index contributed by atoms with van der Waals surface area (Å²) in [5, 5.41) is 3.51. The van der Waals surface area contributed by atoms with Gasteiger partial charge in [0.25, 0.3) is 0 Å². The monoisotopic (exact) mass is 371 g/mol. The molecule has 6 heteroatoms. The largest absolute Gasteiger partial charge is 0.378 e. The van der Waals surface area contributed by atoms with Crippen molar-refractivity contribution >= 4 is 42.9 Å². The third kappa shape index (κ3) is 10.5. The molecule has 0 aromatic heterocycles. The van der Waals surface area contributed by atoms with E-state index in [0.29, 0.717) is 0 Å². The van der Waals surface area contributed by atoms with Crippen LogP contribution in [0.2, 0.25) is 0 Å². The molecule has 1 N–H and O–H groups in total. The molecule has 0 aliphatic heterocycles. The van der Waals surface area contributed by atoms with E-state index in [1.54, 1.807) is 0 Å². The van der Waals surface area contributed by atoms with Crippen molar-refractivity contribution in [2.24, 2.45) is 0 Å². The van der Waals surface area contributed by atoms with Gasteiger partial charge in [0.15, 0.2) is 0 Å². The highest BCUT2D eigenvalue weighted by atomic mass is 35.5.